The van der Waals surface area contributed by atoms with E-state index >= 15 is 0 Å². The molecule has 0 spiro atoms. The fourth-order valence-corrected chi connectivity index (χ4v) is 6.32. The second-order valence-corrected chi connectivity index (χ2v) is 12.1. The maximum absolute atomic E-state index is 12.7. The second-order valence-electron chi connectivity index (χ2n) is 12.1. The number of carbonyl (C=O) groups excluding carboxylic acids is 1. The van der Waals surface area contributed by atoms with Crippen LogP contribution in [-0.4, -0.2) is 98.7 Å². The van der Waals surface area contributed by atoms with Crippen molar-refractivity contribution in [3.8, 4) is 17.1 Å². The SMILES string of the molecule is CN(C)CCOc1ccc(NC(=O)Nc2ccc(-c3nc(N4CC5CCC(C4)O5)cc(N4C[C@H]5C[C@@H]4CO5)n3)cc2)cc1. The van der Waals surface area contributed by atoms with E-state index in [9.17, 15) is 4.79 Å². The van der Waals surface area contributed by atoms with Crippen LogP contribution in [0.2, 0.25) is 0 Å². The molecule has 11 heteroatoms. The first-order chi connectivity index (χ1) is 20.9. The van der Waals surface area contributed by atoms with Gasteiger partial charge in [0.15, 0.2) is 5.82 Å². The van der Waals surface area contributed by atoms with Crippen LogP contribution in [0.1, 0.15) is 19.3 Å². The van der Waals surface area contributed by atoms with Gasteiger partial charge in [-0.1, -0.05) is 0 Å². The molecular formula is C32H39N7O4. The smallest absolute Gasteiger partial charge is 0.323 e. The molecule has 3 aromatic rings. The van der Waals surface area contributed by atoms with Gasteiger partial charge in [0.2, 0.25) is 0 Å². The van der Waals surface area contributed by atoms with Crippen LogP contribution >= 0.6 is 0 Å². The number of anilines is 4. The predicted molar refractivity (Wildman–Crippen MR) is 166 cm³/mol. The number of hydrogen-bond donors (Lipinski definition) is 2. The van der Waals surface area contributed by atoms with E-state index in [0.29, 0.717) is 29.8 Å². The summed E-state index contributed by atoms with van der Waals surface area (Å²) in [6.45, 7) is 4.76. The van der Waals surface area contributed by atoms with Crippen molar-refractivity contribution in [3.63, 3.8) is 0 Å². The minimum Gasteiger partial charge on any atom is -0.492 e. The lowest BCUT2D eigenvalue weighted by Crippen LogP contribution is -2.43. The molecule has 4 fully saturated rings. The monoisotopic (exact) mass is 585 g/mol. The zero-order valence-electron chi connectivity index (χ0n) is 24.7. The third-order valence-electron chi connectivity index (χ3n) is 8.58. The van der Waals surface area contributed by atoms with Gasteiger partial charge in [-0.05, 0) is 81.9 Å². The Bertz CT molecular complexity index is 1420. The Hall–Kier alpha value is -3.93. The number of hydrogen-bond acceptors (Lipinski definition) is 9. The van der Waals surface area contributed by atoms with Crippen LogP contribution in [0, 0.1) is 0 Å². The van der Waals surface area contributed by atoms with Gasteiger partial charge in [-0.2, -0.15) is 0 Å². The fraction of sp³-hybridized carbons (Fsp3) is 0.469. The number of aromatic nitrogens is 2. The van der Waals surface area contributed by atoms with Gasteiger partial charge in [0, 0.05) is 49.2 Å². The Balaban J connectivity index is 1.03. The number of likely N-dealkylation sites (N-methyl/N-ethyl adjacent to an activating group) is 1. The number of ether oxygens (including phenoxy) is 3. The number of amides is 2. The first-order valence-corrected chi connectivity index (χ1v) is 15.2. The quantitative estimate of drug-likeness (QED) is 0.385. The Kier molecular flexibility index (Phi) is 7.77. The molecule has 226 valence electrons. The van der Waals surface area contributed by atoms with Gasteiger partial charge in [-0.15, -0.1) is 0 Å². The topological polar surface area (TPSA) is 104 Å². The van der Waals surface area contributed by atoms with E-state index in [4.69, 9.17) is 24.2 Å². The van der Waals surface area contributed by atoms with E-state index in [1.54, 1.807) is 0 Å². The summed E-state index contributed by atoms with van der Waals surface area (Å²) in [5.74, 6) is 3.34. The van der Waals surface area contributed by atoms with Crippen molar-refractivity contribution in [2.24, 2.45) is 0 Å². The van der Waals surface area contributed by atoms with E-state index in [1.807, 2.05) is 62.6 Å². The summed E-state index contributed by atoms with van der Waals surface area (Å²) in [5, 5.41) is 5.79. The number of carbonyl (C=O) groups is 1. The number of fused-ring (bicyclic) bond motifs is 4. The zero-order valence-corrected chi connectivity index (χ0v) is 24.7. The van der Waals surface area contributed by atoms with E-state index < -0.39 is 0 Å². The van der Waals surface area contributed by atoms with Crippen LogP contribution in [0.15, 0.2) is 54.6 Å². The van der Waals surface area contributed by atoms with E-state index in [2.05, 4.69) is 31.4 Å². The molecule has 2 amide bonds. The Morgan fingerprint density at radius 1 is 0.930 bits per heavy atom. The highest BCUT2D eigenvalue weighted by Crippen LogP contribution is 2.36. The van der Waals surface area contributed by atoms with Gasteiger partial charge in [-0.25, -0.2) is 14.8 Å². The van der Waals surface area contributed by atoms with Crippen molar-refractivity contribution in [2.45, 2.75) is 43.6 Å². The summed E-state index contributed by atoms with van der Waals surface area (Å²) in [7, 11) is 4.01. The molecule has 4 bridgehead atoms. The Morgan fingerprint density at radius 3 is 2.23 bits per heavy atom. The average molecular weight is 586 g/mol. The summed E-state index contributed by atoms with van der Waals surface area (Å²) in [6.07, 6.45) is 4.09. The Labute approximate surface area is 252 Å². The van der Waals surface area contributed by atoms with Crippen LogP contribution in [0.4, 0.5) is 27.8 Å². The van der Waals surface area contributed by atoms with E-state index in [-0.39, 0.29) is 24.3 Å². The molecule has 11 nitrogen and oxygen atoms in total. The molecule has 0 radical (unpaired) electrons. The number of urea groups is 1. The lowest BCUT2D eigenvalue weighted by Gasteiger charge is -2.34. The van der Waals surface area contributed by atoms with Gasteiger partial charge in [0.25, 0.3) is 0 Å². The summed E-state index contributed by atoms with van der Waals surface area (Å²) in [6, 6.07) is 17.2. The third-order valence-corrected chi connectivity index (χ3v) is 8.58. The van der Waals surface area contributed by atoms with E-state index in [0.717, 1.165) is 75.0 Å². The van der Waals surface area contributed by atoms with Gasteiger partial charge in [-0.3, -0.25) is 0 Å². The number of benzene rings is 2. The van der Waals surface area contributed by atoms with Crippen molar-refractivity contribution >= 4 is 29.0 Å². The first-order valence-electron chi connectivity index (χ1n) is 15.2. The first kappa shape index (κ1) is 27.9. The molecule has 4 atom stereocenters. The lowest BCUT2D eigenvalue weighted by atomic mass is 10.2. The van der Waals surface area contributed by atoms with Crippen molar-refractivity contribution in [3.05, 3.63) is 54.6 Å². The summed E-state index contributed by atoms with van der Waals surface area (Å²) in [4.78, 5) is 29.5. The molecule has 2 unspecified atom stereocenters. The predicted octanol–water partition coefficient (Wildman–Crippen LogP) is 4.07. The molecule has 2 N–H and O–H groups in total. The molecule has 4 aliphatic heterocycles. The molecule has 4 aliphatic rings. The highest BCUT2D eigenvalue weighted by Gasteiger charge is 2.40. The molecule has 0 saturated carbocycles. The van der Waals surface area contributed by atoms with Crippen LogP contribution in [0.5, 0.6) is 5.75 Å². The molecular weight excluding hydrogens is 546 g/mol. The van der Waals surface area contributed by atoms with E-state index in [1.165, 1.54) is 0 Å². The van der Waals surface area contributed by atoms with Crippen LogP contribution in [0.3, 0.4) is 0 Å². The number of nitrogens with zero attached hydrogens (tertiary/aromatic N) is 5. The molecule has 0 aliphatic carbocycles. The minimum absolute atomic E-state index is 0.271. The van der Waals surface area contributed by atoms with Crippen LogP contribution in [0.25, 0.3) is 11.4 Å². The zero-order chi connectivity index (χ0) is 29.3. The van der Waals surface area contributed by atoms with Crippen molar-refractivity contribution in [1.29, 1.82) is 0 Å². The van der Waals surface area contributed by atoms with Gasteiger partial charge in [0.05, 0.1) is 31.0 Å². The molecule has 5 heterocycles. The second kappa shape index (κ2) is 12.0. The summed E-state index contributed by atoms with van der Waals surface area (Å²) in [5.41, 5.74) is 2.26. The van der Waals surface area contributed by atoms with Gasteiger partial charge < -0.3 is 39.5 Å². The largest absolute Gasteiger partial charge is 0.492 e. The maximum Gasteiger partial charge on any atom is 0.323 e. The fourth-order valence-electron chi connectivity index (χ4n) is 6.32. The van der Waals surface area contributed by atoms with Crippen molar-refractivity contribution < 1.29 is 19.0 Å². The number of morpholine rings is 2. The average Bonchev–Trinajstić information content (AvgIpc) is 3.74. The molecule has 1 aromatic heterocycles. The molecule has 4 saturated heterocycles. The minimum atomic E-state index is -0.317. The van der Waals surface area contributed by atoms with Crippen LogP contribution < -0.4 is 25.2 Å². The standard InChI is InChI=1S/C32H39N7O4/c1-37(2)13-14-41-25-9-7-23(8-10-25)34-32(40)33-22-5-3-21(4-6-22)31-35-29(38-17-26-11-12-27(18-38)43-26)16-30(36-31)39-19-28-15-24(39)20-42-28/h3-10,16,24,26-28H,11-15,17-20H2,1-2H3,(H2,33,34,40)/t24-,26?,27?,28-/m1/s1. The van der Waals surface area contributed by atoms with Crippen molar-refractivity contribution in [1.82, 2.24) is 14.9 Å². The van der Waals surface area contributed by atoms with Crippen molar-refractivity contribution in [2.75, 3.05) is 73.9 Å². The molecule has 7 rings (SSSR count). The van der Waals surface area contributed by atoms with Crippen LogP contribution in [-0.2, 0) is 9.47 Å². The Morgan fingerprint density at radius 2 is 1.60 bits per heavy atom. The third kappa shape index (κ3) is 6.39. The highest BCUT2D eigenvalue weighted by molar-refractivity contribution is 5.99. The summed E-state index contributed by atoms with van der Waals surface area (Å²) < 4.78 is 17.7. The maximum atomic E-state index is 12.7. The normalized spacial score (nSPS) is 24.1. The highest BCUT2D eigenvalue weighted by atomic mass is 16.5. The summed E-state index contributed by atoms with van der Waals surface area (Å²) >= 11 is 0. The van der Waals surface area contributed by atoms with Gasteiger partial charge >= 0.3 is 6.03 Å². The molecule has 2 aromatic carbocycles. The number of rotatable bonds is 9. The number of nitrogens with one attached hydrogen (secondary N) is 2. The molecule has 43 heavy (non-hydrogen) atoms. The lowest BCUT2D eigenvalue weighted by molar-refractivity contribution is 0.0302. The van der Waals surface area contributed by atoms with Gasteiger partial charge in [0.1, 0.15) is 24.0 Å².